The lowest BCUT2D eigenvalue weighted by Gasteiger charge is -2.34. The summed E-state index contributed by atoms with van der Waals surface area (Å²) in [7, 11) is 0. The third kappa shape index (κ3) is 3.31. The van der Waals surface area contributed by atoms with Crippen molar-refractivity contribution < 1.29 is 0 Å². The number of hydrogen-bond donors (Lipinski definition) is 1. The molecule has 0 aliphatic carbocycles. The molecule has 2 aliphatic heterocycles. The number of aryl methyl sites for hydroxylation is 1. The van der Waals surface area contributed by atoms with Gasteiger partial charge in [-0.2, -0.15) is 0 Å². The van der Waals surface area contributed by atoms with Crippen molar-refractivity contribution in [2.45, 2.75) is 45.2 Å². The summed E-state index contributed by atoms with van der Waals surface area (Å²) in [5.41, 5.74) is 1.16. The Balaban J connectivity index is 1.50. The summed E-state index contributed by atoms with van der Waals surface area (Å²) in [6.45, 7) is 6.60. The Labute approximate surface area is 115 Å². The normalized spacial score (nSPS) is 25.8. The first-order valence-electron chi connectivity index (χ1n) is 7.55. The van der Waals surface area contributed by atoms with Gasteiger partial charge >= 0.3 is 0 Å². The van der Waals surface area contributed by atoms with Crippen molar-refractivity contribution in [3.8, 4) is 0 Å². The van der Waals surface area contributed by atoms with Gasteiger partial charge in [0.25, 0.3) is 0 Å². The molecule has 1 N–H and O–H groups in total. The lowest BCUT2D eigenvalue weighted by molar-refractivity contribution is 0.156. The van der Waals surface area contributed by atoms with Gasteiger partial charge in [-0.1, -0.05) is 0 Å². The van der Waals surface area contributed by atoms with Crippen LogP contribution in [0.5, 0.6) is 0 Å². The van der Waals surface area contributed by atoms with E-state index in [-0.39, 0.29) is 0 Å². The van der Waals surface area contributed by atoms with Crippen LogP contribution in [-0.4, -0.2) is 40.5 Å². The molecule has 2 aliphatic rings. The molecule has 0 aromatic carbocycles. The third-order valence-electron chi connectivity index (χ3n) is 4.52. The Hall–Kier alpha value is -1.00. The van der Waals surface area contributed by atoms with E-state index in [0.29, 0.717) is 0 Å². The Morgan fingerprint density at radius 3 is 2.84 bits per heavy atom. The van der Waals surface area contributed by atoms with E-state index in [1.165, 1.54) is 45.3 Å². The van der Waals surface area contributed by atoms with Crippen LogP contribution in [0.2, 0.25) is 0 Å². The van der Waals surface area contributed by atoms with Gasteiger partial charge < -0.3 is 5.32 Å². The highest BCUT2D eigenvalue weighted by molar-refractivity contribution is 5.01. The molecule has 2 fully saturated rings. The highest BCUT2D eigenvalue weighted by Gasteiger charge is 2.28. The molecule has 4 heteroatoms. The predicted octanol–water partition coefficient (Wildman–Crippen LogP) is 1.75. The molecule has 0 radical (unpaired) electrons. The minimum absolute atomic E-state index is 0.795. The van der Waals surface area contributed by atoms with Gasteiger partial charge in [0.1, 0.15) is 5.82 Å². The Bertz CT molecular complexity index is 406. The van der Waals surface area contributed by atoms with Crippen molar-refractivity contribution in [2.75, 3.05) is 19.6 Å². The molecule has 1 unspecified atom stereocenters. The number of piperidine rings is 1. The second kappa shape index (κ2) is 5.97. The largest absolute Gasteiger partial charge is 0.314 e. The zero-order chi connectivity index (χ0) is 13.1. The molecular formula is C15H24N4. The minimum Gasteiger partial charge on any atom is -0.314 e. The molecule has 3 heterocycles. The van der Waals surface area contributed by atoms with Crippen LogP contribution in [0.25, 0.3) is 0 Å². The van der Waals surface area contributed by atoms with Crippen LogP contribution in [0, 0.1) is 12.8 Å². The first-order valence-corrected chi connectivity index (χ1v) is 7.55. The lowest BCUT2D eigenvalue weighted by Crippen LogP contribution is -2.40. The molecule has 1 aromatic rings. The minimum atomic E-state index is 0.795. The Morgan fingerprint density at radius 1 is 1.32 bits per heavy atom. The van der Waals surface area contributed by atoms with Crippen molar-refractivity contribution in [2.24, 2.45) is 5.92 Å². The molecule has 0 bridgehead atoms. The maximum absolute atomic E-state index is 4.50. The fourth-order valence-electron chi connectivity index (χ4n) is 3.45. The van der Waals surface area contributed by atoms with Gasteiger partial charge in [0.05, 0.1) is 5.69 Å². The molecule has 1 atom stereocenters. The van der Waals surface area contributed by atoms with Gasteiger partial charge in [-0.3, -0.25) is 4.90 Å². The van der Waals surface area contributed by atoms with Crippen molar-refractivity contribution in [1.29, 1.82) is 0 Å². The van der Waals surface area contributed by atoms with Crippen LogP contribution < -0.4 is 5.32 Å². The molecule has 1 aromatic heterocycles. The third-order valence-corrected chi connectivity index (χ3v) is 4.52. The highest BCUT2D eigenvalue weighted by atomic mass is 15.1. The summed E-state index contributed by atoms with van der Waals surface area (Å²) in [5, 5.41) is 3.66. The average Bonchev–Trinajstić information content (AvgIpc) is 2.94. The van der Waals surface area contributed by atoms with Crippen molar-refractivity contribution >= 4 is 0 Å². The summed E-state index contributed by atoms with van der Waals surface area (Å²) >= 11 is 0. The molecule has 0 amide bonds. The summed E-state index contributed by atoms with van der Waals surface area (Å²) in [6, 6.07) is 2.83. The number of nitrogens with zero attached hydrogens (tertiary/aromatic N) is 3. The average molecular weight is 260 g/mol. The monoisotopic (exact) mass is 260 g/mol. The summed E-state index contributed by atoms with van der Waals surface area (Å²) in [5.74, 6) is 1.77. The quantitative estimate of drug-likeness (QED) is 0.899. The van der Waals surface area contributed by atoms with Crippen LogP contribution >= 0.6 is 0 Å². The van der Waals surface area contributed by atoms with Crippen LogP contribution in [0.3, 0.4) is 0 Å². The molecule has 3 rings (SSSR count). The fourth-order valence-corrected chi connectivity index (χ4v) is 3.45. The van der Waals surface area contributed by atoms with E-state index in [1.54, 1.807) is 0 Å². The van der Waals surface area contributed by atoms with Crippen LogP contribution in [0.1, 0.15) is 37.2 Å². The smallest absolute Gasteiger partial charge is 0.125 e. The van der Waals surface area contributed by atoms with Crippen molar-refractivity contribution in [1.82, 2.24) is 20.2 Å². The predicted molar refractivity (Wildman–Crippen MR) is 75.8 cm³/mol. The van der Waals surface area contributed by atoms with E-state index in [0.717, 1.165) is 30.0 Å². The summed E-state index contributed by atoms with van der Waals surface area (Å²) in [4.78, 5) is 11.2. The van der Waals surface area contributed by atoms with Gasteiger partial charge in [0.15, 0.2) is 0 Å². The number of nitrogens with one attached hydrogen (secondary N) is 1. The molecule has 0 saturated carbocycles. The molecule has 0 spiro atoms. The van der Waals surface area contributed by atoms with Gasteiger partial charge in [-0.05, 0) is 64.2 Å². The maximum atomic E-state index is 4.50. The van der Waals surface area contributed by atoms with E-state index < -0.39 is 0 Å². The number of rotatable bonds is 3. The molecule has 4 nitrogen and oxygen atoms in total. The lowest BCUT2D eigenvalue weighted by atomic mass is 9.88. The highest BCUT2D eigenvalue weighted by Crippen LogP contribution is 2.26. The van der Waals surface area contributed by atoms with Gasteiger partial charge in [-0.25, -0.2) is 9.97 Å². The van der Waals surface area contributed by atoms with Gasteiger partial charge in [0.2, 0.25) is 0 Å². The fraction of sp³-hybridized carbons (Fsp3) is 0.733. The Kier molecular flexibility index (Phi) is 4.09. The van der Waals surface area contributed by atoms with E-state index in [9.17, 15) is 0 Å². The van der Waals surface area contributed by atoms with Crippen LogP contribution in [0.15, 0.2) is 12.3 Å². The van der Waals surface area contributed by atoms with Crippen LogP contribution in [0.4, 0.5) is 0 Å². The summed E-state index contributed by atoms with van der Waals surface area (Å²) in [6.07, 6.45) is 7.29. The van der Waals surface area contributed by atoms with Crippen molar-refractivity contribution in [3.05, 3.63) is 23.8 Å². The van der Waals surface area contributed by atoms with E-state index in [1.807, 2.05) is 19.2 Å². The Morgan fingerprint density at radius 2 is 2.16 bits per heavy atom. The van der Waals surface area contributed by atoms with E-state index in [2.05, 4.69) is 20.2 Å². The van der Waals surface area contributed by atoms with E-state index >= 15 is 0 Å². The molecule has 2 saturated heterocycles. The topological polar surface area (TPSA) is 41.1 Å². The number of likely N-dealkylation sites (tertiary alicyclic amines) is 1. The molecular weight excluding hydrogens is 236 g/mol. The first-order chi connectivity index (χ1) is 9.31. The second-order valence-electron chi connectivity index (χ2n) is 5.91. The van der Waals surface area contributed by atoms with Crippen LogP contribution in [-0.2, 0) is 6.54 Å². The maximum Gasteiger partial charge on any atom is 0.125 e. The molecule has 19 heavy (non-hydrogen) atoms. The van der Waals surface area contributed by atoms with E-state index in [4.69, 9.17) is 0 Å². The zero-order valence-corrected chi connectivity index (χ0v) is 11.8. The SMILES string of the molecule is Cc1nccc(CN2CCC(C3CCCN3)CC2)n1. The van der Waals surface area contributed by atoms with Gasteiger partial charge in [-0.15, -0.1) is 0 Å². The standard InChI is InChI=1S/C15H24N4/c1-12-16-8-4-14(18-12)11-19-9-5-13(6-10-19)15-3-2-7-17-15/h4,8,13,15,17H,2-3,5-7,9-11H2,1H3. The first kappa shape index (κ1) is 13.0. The second-order valence-corrected chi connectivity index (χ2v) is 5.91. The number of aromatic nitrogens is 2. The zero-order valence-electron chi connectivity index (χ0n) is 11.8. The van der Waals surface area contributed by atoms with Gasteiger partial charge in [0, 0.05) is 18.8 Å². The van der Waals surface area contributed by atoms with Crippen molar-refractivity contribution in [3.63, 3.8) is 0 Å². The summed E-state index contributed by atoms with van der Waals surface area (Å²) < 4.78 is 0. The molecule has 104 valence electrons. The number of hydrogen-bond acceptors (Lipinski definition) is 4.